The molecule has 0 unspecified atom stereocenters. The number of nitro groups is 1. The molecule has 100 valence electrons. The van der Waals surface area contributed by atoms with Crippen molar-refractivity contribution in [2.45, 2.75) is 13.8 Å². The molecule has 0 spiro atoms. The summed E-state index contributed by atoms with van der Waals surface area (Å²) in [7, 11) is 1.77. The SMILES string of the molecule is CCN1CCN(c2c([N+](=O)[O-])c(C)nn2C)CC1. The standard InChI is InChI=1S/C11H19N5O2/c1-4-14-5-7-15(8-6-14)11-10(16(17)18)9(2)12-13(11)3/h4-8H2,1-3H3. The minimum atomic E-state index is -0.330. The Hall–Kier alpha value is -1.63. The van der Waals surface area contributed by atoms with Gasteiger partial charge in [0.05, 0.1) is 4.92 Å². The maximum absolute atomic E-state index is 11.1. The van der Waals surface area contributed by atoms with Gasteiger partial charge in [-0.2, -0.15) is 5.10 Å². The summed E-state index contributed by atoms with van der Waals surface area (Å²) < 4.78 is 1.62. The Morgan fingerprint density at radius 3 is 2.44 bits per heavy atom. The van der Waals surface area contributed by atoms with E-state index in [1.165, 1.54) is 0 Å². The quantitative estimate of drug-likeness (QED) is 0.588. The number of piperazine rings is 1. The normalized spacial score (nSPS) is 17.2. The number of aromatic nitrogens is 2. The van der Waals surface area contributed by atoms with Gasteiger partial charge in [-0.1, -0.05) is 6.92 Å². The van der Waals surface area contributed by atoms with E-state index in [2.05, 4.69) is 21.8 Å². The average molecular weight is 253 g/mol. The molecular formula is C11H19N5O2. The Morgan fingerprint density at radius 2 is 1.94 bits per heavy atom. The van der Waals surface area contributed by atoms with Crippen LogP contribution in [0.3, 0.4) is 0 Å². The largest absolute Gasteiger partial charge is 0.349 e. The molecule has 0 radical (unpaired) electrons. The molecule has 0 amide bonds. The van der Waals surface area contributed by atoms with Gasteiger partial charge in [0.15, 0.2) is 0 Å². The highest BCUT2D eigenvalue weighted by Crippen LogP contribution is 2.31. The van der Waals surface area contributed by atoms with Crippen LogP contribution in [-0.2, 0) is 7.05 Å². The summed E-state index contributed by atoms with van der Waals surface area (Å²) in [6.45, 7) is 8.35. The average Bonchev–Trinajstić information content (AvgIpc) is 2.64. The van der Waals surface area contributed by atoms with E-state index < -0.39 is 0 Å². The number of nitrogens with zero attached hydrogens (tertiary/aromatic N) is 5. The molecule has 1 aromatic heterocycles. The monoisotopic (exact) mass is 253 g/mol. The zero-order valence-corrected chi connectivity index (χ0v) is 11.1. The molecule has 1 saturated heterocycles. The molecule has 1 fully saturated rings. The number of likely N-dealkylation sites (N-methyl/N-ethyl adjacent to an activating group) is 1. The van der Waals surface area contributed by atoms with Crippen molar-refractivity contribution < 1.29 is 4.92 Å². The van der Waals surface area contributed by atoms with Crippen molar-refractivity contribution in [1.29, 1.82) is 0 Å². The fraction of sp³-hybridized carbons (Fsp3) is 0.727. The summed E-state index contributed by atoms with van der Waals surface area (Å²) in [5, 5.41) is 15.3. The third kappa shape index (κ3) is 2.17. The number of hydrogen-bond acceptors (Lipinski definition) is 5. The topological polar surface area (TPSA) is 67.4 Å². The Kier molecular flexibility index (Phi) is 3.51. The first kappa shape index (κ1) is 12.8. The summed E-state index contributed by atoms with van der Waals surface area (Å²) in [5.41, 5.74) is 0.623. The molecule has 2 rings (SSSR count). The second kappa shape index (κ2) is 4.93. The van der Waals surface area contributed by atoms with Crippen molar-refractivity contribution in [3.63, 3.8) is 0 Å². The van der Waals surface area contributed by atoms with Crippen LogP contribution < -0.4 is 4.90 Å². The first-order valence-electron chi connectivity index (χ1n) is 6.20. The minimum Gasteiger partial charge on any atom is -0.349 e. The smallest absolute Gasteiger partial charge is 0.333 e. The summed E-state index contributed by atoms with van der Waals surface area (Å²) in [6.07, 6.45) is 0. The van der Waals surface area contributed by atoms with Gasteiger partial charge in [-0.25, -0.2) is 4.68 Å². The fourth-order valence-electron chi connectivity index (χ4n) is 2.48. The molecule has 0 aromatic carbocycles. The number of aryl methyl sites for hydroxylation is 2. The van der Waals surface area contributed by atoms with Gasteiger partial charge in [-0.15, -0.1) is 0 Å². The predicted molar refractivity (Wildman–Crippen MR) is 68.9 cm³/mol. The highest BCUT2D eigenvalue weighted by Gasteiger charge is 2.29. The van der Waals surface area contributed by atoms with Gasteiger partial charge in [0, 0.05) is 33.2 Å². The van der Waals surface area contributed by atoms with Crippen molar-refractivity contribution in [3.8, 4) is 0 Å². The van der Waals surface area contributed by atoms with E-state index >= 15 is 0 Å². The molecule has 0 bridgehead atoms. The Bertz CT molecular complexity index is 449. The number of rotatable bonds is 3. The second-order valence-corrected chi connectivity index (χ2v) is 4.56. The second-order valence-electron chi connectivity index (χ2n) is 4.56. The van der Waals surface area contributed by atoms with E-state index in [-0.39, 0.29) is 10.6 Å². The van der Waals surface area contributed by atoms with Crippen molar-refractivity contribution in [2.75, 3.05) is 37.6 Å². The molecule has 1 aliphatic rings. The molecular weight excluding hydrogens is 234 g/mol. The molecule has 0 aliphatic carbocycles. The van der Waals surface area contributed by atoms with Crippen LogP contribution in [0.4, 0.5) is 11.5 Å². The summed E-state index contributed by atoms with van der Waals surface area (Å²) in [6, 6.07) is 0. The Labute approximate surface area is 106 Å². The summed E-state index contributed by atoms with van der Waals surface area (Å²) in [5.74, 6) is 0.633. The third-order valence-corrected chi connectivity index (χ3v) is 3.46. The lowest BCUT2D eigenvalue weighted by Crippen LogP contribution is -2.46. The van der Waals surface area contributed by atoms with Crippen LogP contribution in [0.25, 0.3) is 0 Å². The van der Waals surface area contributed by atoms with Crippen LogP contribution >= 0.6 is 0 Å². The van der Waals surface area contributed by atoms with E-state index in [1.54, 1.807) is 18.7 Å². The Balaban J connectivity index is 2.26. The molecule has 0 saturated carbocycles. The van der Waals surface area contributed by atoms with E-state index in [4.69, 9.17) is 0 Å². The lowest BCUT2D eigenvalue weighted by molar-refractivity contribution is -0.384. The van der Waals surface area contributed by atoms with Gasteiger partial charge in [0.2, 0.25) is 5.82 Å². The van der Waals surface area contributed by atoms with Gasteiger partial charge in [0.1, 0.15) is 5.69 Å². The van der Waals surface area contributed by atoms with Crippen LogP contribution in [0.5, 0.6) is 0 Å². The Morgan fingerprint density at radius 1 is 1.33 bits per heavy atom. The highest BCUT2D eigenvalue weighted by atomic mass is 16.6. The molecule has 1 aromatic rings. The molecule has 18 heavy (non-hydrogen) atoms. The maximum atomic E-state index is 11.1. The molecule has 7 heteroatoms. The van der Waals surface area contributed by atoms with Crippen molar-refractivity contribution in [3.05, 3.63) is 15.8 Å². The number of hydrogen-bond donors (Lipinski definition) is 0. The van der Waals surface area contributed by atoms with E-state index in [9.17, 15) is 10.1 Å². The first-order valence-corrected chi connectivity index (χ1v) is 6.20. The highest BCUT2D eigenvalue weighted by molar-refractivity contribution is 5.61. The van der Waals surface area contributed by atoms with Crippen LogP contribution in [0.1, 0.15) is 12.6 Å². The summed E-state index contributed by atoms with van der Waals surface area (Å²) in [4.78, 5) is 15.2. The molecule has 0 atom stereocenters. The maximum Gasteiger partial charge on any atom is 0.333 e. The van der Waals surface area contributed by atoms with Crippen molar-refractivity contribution in [1.82, 2.24) is 14.7 Å². The van der Waals surface area contributed by atoms with Crippen LogP contribution in [0.2, 0.25) is 0 Å². The van der Waals surface area contributed by atoms with Crippen molar-refractivity contribution in [2.24, 2.45) is 7.05 Å². The fourth-order valence-corrected chi connectivity index (χ4v) is 2.48. The molecule has 7 nitrogen and oxygen atoms in total. The molecule has 0 N–H and O–H groups in total. The lowest BCUT2D eigenvalue weighted by atomic mass is 10.3. The van der Waals surface area contributed by atoms with E-state index in [0.29, 0.717) is 11.5 Å². The van der Waals surface area contributed by atoms with Crippen molar-refractivity contribution >= 4 is 11.5 Å². The van der Waals surface area contributed by atoms with Crippen LogP contribution in [-0.4, -0.2) is 52.3 Å². The van der Waals surface area contributed by atoms with Crippen LogP contribution in [0.15, 0.2) is 0 Å². The number of anilines is 1. The third-order valence-electron chi connectivity index (χ3n) is 3.46. The van der Waals surface area contributed by atoms with E-state index in [1.807, 2.05) is 0 Å². The first-order chi connectivity index (χ1) is 8.54. The van der Waals surface area contributed by atoms with Gasteiger partial charge < -0.3 is 9.80 Å². The predicted octanol–water partition coefficient (Wildman–Crippen LogP) is 0.779. The lowest BCUT2D eigenvalue weighted by Gasteiger charge is -2.34. The summed E-state index contributed by atoms with van der Waals surface area (Å²) >= 11 is 0. The zero-order valence-electron chi connectivity index (χ0n) is 11.1. The molecule has 1 aliphatic heterocycles. The van der Waals surface area contributed by atoms with Crippen LogP contribution in [0, 0.1) is 17.0 Å². The zero-order chi connectivity index (χ0) is 13.3. The van der Waals surface area contributed by atoms with Gasteiger partial charge >= 0.3 is 5.69 Å². The van der Waals surface area contributed by atoms with Gasteiger partial charge in [-0.05, 0) is 13.5 Å². The van der Waals surface area contributed by atoms with Gasteiger partial charge in [-0.3, -0.25) is 10.1 Å². The van der Waals surface area contributed by atoms with Gasteiger partial charge in [0.25, 0.3) is 0 Å². The minimum absolute atomic E-state index is 0.141. The van der Waals surface area contributed by atoms with E-state index in [0.717, 1.165) is 32.7 Å². The molecule has 2 heterocycles.